The van der Waals surface area contributed by atoms with Crippen LogP contribution in [0, 0.1) is 0 Å². The molecule has 174 valence electrons. The molecule has 1 N–H and O–H groups in total. The van der Waals surface area contributed by atoms with E-state index in [2.05, 4.69) is 5.32 Å². The topological polar surface area (TPSA) is 58.6 Å². The van der Waals surface area contributed by atoms with Crippen molar-refractivity contribution in [3.05, 3.63) is 65.2 Å². The van der Waals surface area contributed by atoms with Gasteiger partial charge in [-0.2, -0.15) is 0 Å². The Morgan fingerprint density at radius 2 is 1.72 bits per heavy atom. The predicted molar refractivity (Wildman–Crippen MR) is 130 cm³/mol. The Hall–Kier alpha value is -2.53. The summed E-state index contributed by atoms with van der Waals surface area (Å²) in [5.41, 5.74) is 1.15. The first-order chi connectivity index (χ1) is 15.4. The van der Waals surface area contributed by atoms with E-state index in [9.17, 15) is 9.59 Å². The molecule has 0 saturated carbocycles. The van der Waals surface area contributed by atoms with Gasteiger partial charge in [0, 0.05) is 24.0 Å². The summed E-state index contributed by atoms with van der Waals surface area (Å²) in [4.78, 5) is 27.8. The molecule has 2 aromatic carbocycles. The number of nitrogens with one attached hydrogen (secondary N) is 1. The van der Waals surface area contributed by atoms with Crippen molar-refractivity contribution in [1.82, 2.24) is 10.2 Å². The summed E-state index contributed by atoms with van der Waals surface area (Å²) >= 11 is 5.89. The van der Waals surface area contributed by atoms with Gasteiger partial charge in [-0.3, -0.25) is 9.59 Å². The molecule has 2 amide bonds. The monoisotopic (exact) mass is 458 g/mol. The molecule has 2 unspecified atom stereocenters. The van der Waals surface area contributed by atoms with Crippen molar-refractivity contribution in [2.45, 2.75) is 65.0 Å². The predicted octanol–water partition coefficient (Wildman–Crippen LogP) is 5.26. The molecule has 0 aliphatic rings. The average molecular weight is 459 g/mol. The van der Waals surface area contributed by atoms with Crippen LogP contribution in [0.15, 0.2) is 54.6 Å². The van der Waals surface area contributed by atoms with Gasteiger partial charge in [0.2, 0.25) is 11.8 Å². The molecule has 0 aliphatic carbocycles. The first-order valence-electron chi connectivity index (χ1n) is 11.5. The number of ether oxygens (including phenoxy) is 1. The highest BCUT2D eigenvalue weighted by Gasteiger charge is 2.28. The molecule has 0 spiro atoms. The number of hydrogen-bond acceptors (Lipinski definition) is 3. The zero-order chi connectivity index (χ0) is 23.3. The van der Waals surface area contributed by atoms with Gasteiger partial charge in [-0.15, -0.1) is 0 Å². The summed E-state index contributed by atoms with van der Waals surface area (Å²) in [5, 5.41) is 3.69. The second-order valence-corrected chi connectivity index (χ2v) is 8.41. The van der Waals surface area contributed by atoms with Crippen LogP contribution in [-0.2, 0) is 16.0 Å². The van der Waals surface area contributed by atoms with E-state index >= 15 is 0 Å². The maximum absolute atomic E-state index is 13.2. The number of halogens is 1. The lowest BCUT2D eigenvalue weighted by atomic mass is 10.1. The highest BCUT2D eigenvalue weighted by atomic mass is 35.5. The molecular formula is C26H35ClN2O3. The quantitative estimate of drug-likeness (QED) is 0.416. The number of amides is 2. The van der Waals surface area contributed by atoms with Crippen molar-refractivity contribution >= 4 is 23.4 Å². The van der Waals surface area contributed by atoms with Crippen molar-refractivity contribution in [2.75, 3.05) is 13.2 Å². The summed E-state index contributed by atoms with van der Waals surface area (Å²) in [7, 11) is 0. The summed E-state index contributed by atoms with van der Waals surface area (Å²) in [6, 6.07) is 16.8. The molecule has 0 aliphatic heterocycles. The molecule has 6 heteroatoms. The highest BCUT2D eigenvalue weighted by Crippen LogP contribution is 2.16. The SMILES string of the molecule is CCC(C)NC(=O)C(CC)N(CCc1ccccc1)C(=O)CCCOc1ccc(Cl)cc1. The van der Waals surface area contributed by atoms with Gasteiger partial charge in [-0.25, -0.2) is 0 Å². The highest BCUT2D eigenvalue weighted by molar-refractivity contribution is 6.30. The minimum atomic E-state index is -0.475. The van der Waals surface area contributed by atoms with Crippen LogP contribution in [0.25, 0.3) is 0 Å². The molecule has 32 heavy (non-hydrogen) atoms. The summed E-state index contributed by atoms with van der Waals surface area (Å²) in [6.07, 6.45) is 3.04. The molecule has 0 saturated heterocycles. The Balaban J connectivity index is 1.99. The van der Waals surface area contributed by atoms with Crippen molar-refractivity contribution in [2.24, 2.45) is 0 Å². The molecule has 5 nitrogen and oxygen atoms in total. The fourth-order valence-electron chi connectivity index (χ4n) is 3.42. The lowest BCUT2D eigenvalue weighted by Gasteiger charge is -2.31. The maximum Gasteiger partial charge on any atom is 0.243 e. The Morgan fingerprint density at radius 3 is 2.34 bits per heavy atom. The third kappa shape index (κ3) is 8.54. The summed E-state index contributed by atoms with van der Waals surface area (Å²) < 4.78 is 5.71. The van der Waals surface area contributed by atoms with E-state index in [0.717, 1.165) is 17.7 Å². The normalized spacial score (nSPS) is 12.6. The standard InChI is InChI=1S/C26H35ClN2O3/c1-4-20(3)28-26(31)24(5-2)29(18-17-21-10-7-6-8-11-21)25(30)12-9-19-32-23-15-13-22(27)14-16-23/h6-8,10-11,13-16,20,24H,4-5,9,12,17-19H2,1-3H3,(H,28,31). The third-order valence-electron chi connectivity index (χ3n) is 5.49. The first-order valence-corrected chi connectivity index (χ1v) is 11.8. The van der Waals surface area contributed by atoms with E-state index in [0.29, 0.717) is 43.9 Å². The van der Waals surface area contributed by atoms with E-state index in [1.54, 1.807) is 17.0 Å². The van der Waals surface area contributed by atoms with Crippen LogP contribution in [-0.4, -0.2) is 41.9 Å². The second kappa shape index (κ2) is 13.8. The zero-order valence-electron chi connectivity index (χ0n) is 19.4. The summed E-state index contributed by atoms with van der Waals surface area (Å²) in [5.74, 6) is 0.620. The molecule has 2 aromatic rings. The first kappa shape index (κ1) is 25.7. The molecule has 0 radical (unpaired) electrons. The molecule has 0 bridgehead atoms. The number of benzene rings is 2. The van der Waals surface area contributed by atoms with Crippen molar-refractivity contribution in [3.8, 4) is 5.75 Å². The van der Waals surface area contributed by atoms with E-state index in [-0.39, 0.29) is 17.9 Å². The lowest BCUT2D eigenvalue weighted by Crippen LogP contribution is -2.51. The van der Waals surface area contributed by atoms with E-state index in [4.69, 9.17) is 16.3 Å². The van der Waals surface area contributed by atoms with Crippen molar-refractivity contribution < 1.29 is 14.3 Å². The Kier molecular flexibility index (Phi) is 11.1. The van der Waals surface area contributed by atoms with Gasteiger partial charge in [0.15, 0.2) is 0 Å². The second-order valence-electron chi connectivity index (χ2n) is 7.97. The van der Waals surface area contributed by atoms with Crippen LogP contribution in [0.1, 0.15) is 52.0 Å². The van der Waals surface area contributed by atoms with Gasteiger partial charge in [0.1, 0.15) is 11.8 Å². The fourth-order valence-corrected chi connectivity index (χ4v) is 3.55. The van der Waals surface area contributed by atoms with E-state index in [1.807, 2.05) is 63.2 Å². The van der Waals surface area contributed by atoms with E-state index in [1.165, 1.54) is 0 Å². The van der Waals surface area contributed by atoms with Crippen LogP contribution < -0.4 is 10.1 Å². The van der Waals surface area contributed by atoms with Crippen molar-refractivity contribution in [1.29, 1.82) is 0 Å². The van der Waals surface area contributed by atoms with Gasteiger partial charge in [-0.05, 0) is 62.4 Å². The molecule has 0 heterocycles. The van der Waals surface area contributed by atoms with Gasteiger partial charge in [0.25, 0.3) is 0 Å². The molecule has 2 atom stereocenters. The number of nitrogens with zero attached hydrogens (tertiary/aromatic N) is 1. The number of hydrogen-bond donors (Lipinski definition) is 1. The number of carbonyl (C=O) groups excluding carboxylic acids is 2. The molecule has 0 aromatic heterocycles. The number of rotatable bonds is 13. The average Bonchev–Trinajstić information content (AvgIpc) is 2.80. The Morgan fingerprint density at radius 1 is 1.03 bits per heavy atom. The van der Waals surface area contributed by atoms with Crippen molar-refractivity contribution in [3.63, 3.8) is 0 Å². The fraction of sp³-hybridized carbons (Fsp3) is 0.462. The van der Waals surface area contributed by atoms with Crippen LogP contribution in [0.3, 0.4) is 0 Å². The summed E-state index contributed by atoms with van der Waals surface area (Å²) in [6.45, 7) is 6.90. The van der Waals surface area contributed by atoms with Crippen LogP contribution in [0.4, 0.5) is 0 Å². The lowest BCUT2D eigenvalue weighted by molar-refractivity contribution is -0.141. The molecular weight excluding hydrogens is 424 g/mol. The number of carbonyl (C=O) groups is 2. The Bertz CT molecular complexity index is 827. The molecule has 0 fully saturated rings. The van der Waals surface area contributed by atoms with Crippen LogP contribution in [0.2, 0.25) is 5.02 Å². The minimum absolute atomic E-state index is 0.0215. The maximum atomic E-state index is 13.2. The van der Waals surface area contributed by atoms with E-state index < -0.39 is 6.04 Å². The Labute approximate surface area is 197 Å². The largest absolute Gasteiger partial charge is 0.494 e. The minimum Gasteiger partial charge on any atom is -0.494 e. The van der Waals surface area contributed by atoms with Gasteiger partial charge < -0.3 is 15.0 Å². The smallest absolute Gasteiger partial charge is 0.243 e. The van der Waals surface area contributed by atoms with Gasteiger partial charge in [0.05, 0.1) is 6.61 Å². The van der Waals surface area contributed by atoms with Gasteiger partial charge in [-0.1, -0.05) is 55.8 Å². The van der Waals surface area contributed by atoms with Crippen LogP contribution >= 0.6 is 11.6 Å². The van der Waals surface area contributed by atoms with Gasteiger partial charge >= 0.3 is 0 Å². The zero-order valence-corrected chi connectivity index (χ0v) is 20.1. The third-order valence-corrected chi connectivity index (χ3v) is 5.74. The molecule has 2 rings (SSSR count). The van der Waals surface area contributed by atoms with Crippen LogP contribution in [0.5, 0.6) is 5.75 Å².